The summed E-state index contributed by atoms with van der Waals surface area (Å²) < 4.78 is 18.5. The second-order valence-corrected chi connectivity index (χ2v) is 7.53. The van der Waals surface area contributed by atoms with Gasteiger partial charge in [-0.1, -0.05) is 0 Å². The Morgan fingerprint density at radius 2 is 1.84 bits per heavy atom. The second kappa shape index (κ2) is 6.83. The van der Waals surface area contributed by atoms with Crippen molar-refractivity contribution < 1.29 is 9.13 Å². The smallest absolute Gasteiger partial charge is 0.191 e. The monoisotopic (exact) mass is 346 g/mol. The van der Waals surface area contributed by atoms with Gasteiger partial charge in [-0.15, -0.1) is 0 Å². The van der Waals surface area contributed by atoms with Gasteiger partial charge in [0.2, 0.25) is 0 Å². The molecule has 2 saturated heterocycles. The summed E-state index contributed by atoms with van der Waals surface area (Å²) in [7, 11) is 0. The van der Waals surface area contributed by atoms with E-state index in [-0.39, 0.29) is 5.82 Å². The van der Waals surface area contributed by atoms with Crippen LogP contribution >= 0.6 is 0 Å². The van der Waals surface area contributed by atoms with E-state index < -0.39 is 0 Å². The van der Waals surface area contributed by atoms with Crippen molar-refractivity contribution in [2.24, 2.45) is 22.1 Å². The molecule has 1 saturated carbocycles. The molecule has 25 heavy (non-hydrogen) atoms. The fraction of sp³-hybridized carbons (Fsp3) is 0.632. The summed E-state index contributed by atoms with van der Waals surface area (Å²) in [5.41, 5.74) is 7.80. The van der Waals surface area contributed by atoms with Gasteiger partial charge in [-0.3, -0.25) is 4.99 Å². The van der Waals surface area contributed by atoms with Gasteiger partial charge in [-0.05, 0) is 54.9 Å². The molecule has 1 atom stereocenters. The normalized spacial score (nSPS) is 26.1. The Bertz CT molecular complexity index is 619. The van der Waals surface area contributed by atoms with Gasteiger partial charge >= 0.3 is 0 Å². The van der Waals surface area contributed by atoms with E-state index in [0.717, 1.165) is 51.6 Å². The number of guanidine groups is 1. The van der Waals surface area contributed by atoms with Crippen molar-refractivity contribution in [1.82, 2.24) is 4.90 Å². The maximum Gasteiger partial charge on any atom is 0.191 e. The van der Waals surface area contributed by atoms with Gasteiger partial charge in [0.25, 0.3) is 0 Å². The lowest BCUT2D eigenvalue weighted by atomic mass is 9.94. The number of benzene rings is 1. The molecule has 1 unspecified atom stereocenters. The molecule has 2 heterocycles. The number of anilines is 1. The molecule has 1 aromatic rings. The van der Waals surface area contributed by atoms with Crippen LogP contribution in [0.4, 0.5) is 10.1 Å². The number of hydrogen-bond acceptors (Lipinski definition) is 3. The Hall–Kier alpha value is -1.82. The first-order valence-electron chi connectivity index (χ1n) is 9.29. The average Bonchev–Trinajstić information content (AvgIpc) is 3.32. The molecule has 0 radical (unpaired) electrons. The molecule has 1 aliphatic carbocycles. The van der Waals surface area contributed by atoms with Gasteiger partial charge in [0.15, 0.2) is 5.96 Å². The van der Waals surface area contributed by atoms with E-state index in [1.165, 1.54) is 31.4 Å². The molecular formula is C19H27FN4O. The van der Waals surface area contributed by atoms with Crippen LogP contribution in [0.3, 0.4) is 0 Å². The Morgan fingerprint density at radius 3 is 2.52 bits per heavy atom. The lowest BCUT2D eigenvalue weighted by molar-refractivity contribution is 0.0525. The van der Waals surface area contributed by atoms with Crippen LogP contribution in [0.25, 0.3) is 0 Å². The van der Waals surface area contributed by atoms with E-state index in [0.29, 0.717) is 17.3 Å². The zero-order valence-electron chi connectivity index (χ0n) is 14.7. The second-order valence-electron chi connectivity index (χ2n) is 7.53. The van der Waals surface area contributed by atoms with Gasteiger partial charge in [0, 0.05) is 51.6 Å². The molecule has 2 N–H and O–H groups in total. The van der Waals surface area contributed by atoms with E-state index >= 15 is 0 Å². The summed E-state index contributed by atoms with van der Waals surface area (Å²) in [5, 5.41) is 0. The number of aliphatic imine (C=N–C) groups is 1. The third-order valence-electron chi connectivity index (χ3n) is 6.12. The van der Waals surface area contributed by atoms with Crippen molar-refractivity contribution in [2.45, 2.75) is 19.3 Å². The van der Waals surface area contributed by atoms with Gasteiger partial charge in [-0.25, -0.2) is 4.39 Å². The Morgan fingerprint density at radius 1 is 1.16 bits per heavy atom. The summed E-state index contributed by atoms with van der Waals surface area (Å²) in [6.07, 6.45) is 3.65. The fourth-order valence-corrected chi connectivity index (χ4v) is 4.23. The highest BCUT2D eigenvalue weighted by molar-refractivity contribution is 5.78. The topological polar surface area (TPSA) is 54.1 Å². The highest BCUT2D eigenvalue weighted by Crippen LogP contribution is 2.59. The summed E-state index contributed by atoms with van der Waals surface area (Å²) in [5.74, 6) is 1.17. The predicted octanol–water partition coefficient (Wildman–Crippen LogP) is 2.08. The Kier molecular flexibility index (Phi) is 4.54. The summed E-state index contributed by atoms with van der Waals surface area (Å²) >= 11 is 0. The van der Waals surface area contributed by atoms with E-state index in [4.69, 9.17) is 10.5 Å². The first-order chi connectivity index (χ1) is 12.2. The largest absolute Gasteiger partial charge is 0.381 e. The number of ether oxygens (including phenoxy) is 1. The molecular weight excluding hydrogens is 319 g/mol. The minimum atomic E-state index is -0.193. The maximum atomic E-state index is 13.0. The van der Waals surface area contributed by atoms with Crippen molar-refractivity contribution in [1.29, 1.82) is 0 Å². The summed E-state index contributed by atoms with van der Waals surface area (Å²) in [6.45, 7) is 6.14. The van der Waals surface area contributed by atoms with Crippen molar-refractivity contribution in [3.63, 3.8) is 0 Å². The standard InChI is InChI=1S/C19H27FN4O/c20-16-1-3-17(4-2-16)23-7-9-24(10-8-23)18(21)22-14-15-13-19(15)5-11-25-12-6-19/h1-4,15H,5-14H2,(H2,21,22). The highest BCUT2D eigenvalue weighted by Gasteiger charge is 2.53. The molecule has 6 heteroatoms. The van der Waals surface area contributed by atoms with E-state index in [1.54, 1.807) is 0 Å². The van der Waals surface area contributed by atoms with E-state index in [2.05, 4.69) is 14.8 Å². The van der Waals surface area contributed by atoms with Crippen molar-refractivity contribution in [3.05, 3.63) is 30.1 Å². The number of rotatable bonds is 3. The molecule has 2 aliphatic heterocycles. The van der Waals surface area contributed by atoms with Crippen LogP contribution in [0, 0.1) is 17.2 Å². The molecule has 0 bridgehead atoms. The van der Waals surface area contributed by atoms with Gasteiger partial charge < -0.3 is 20.3 Å². The third-order valence-corrected chi connectivity index (χ3v) is 6.12. The quantitative estimate of drug-likeness (QED) is 0.673. The average molecular weight is 346 g/mol. The van der Waals surface area contributed by atoms with Gasteiger partial charge in [0.05, 0.1) is 0 Å². The first kappa shape index (κ1) is 16.6. The van der Waals surface area contributed by atoms with Crippen molar-refractivity contribution in [3.8, 4) is 0 Å². The van der Waals surface area contributed by atoms with Crippen LogP contribution in [0.2, 0.25) is 0 Å². The molecule has 136 valence electrons. The molecule has 5 nitrogen and oxygen atoms in total. The van der Waals surface area contributed by atoms with Crippen LogP contribution in [0.15, 0.2) is 29.3 Å². The van der Waals surface area contributed by atoms with E-state index in [9.17, 15) is 4.39 Å². The third kappa shape index (κ3) is 3.59. The van der Waals surface area contributed by atoms with Crippen LogP contribution in [0.1, 0.15) is 19.3 Å². The predicted molar refractivity (Wildman–Crippen MR) is 97.3 cm³/mol. The van der Waals surface area contributed by atoms with Crippen LogP contribution in [0.5, 0.6) is 0 Å². The van der Waals surface area contributed by atoms with Gasteiger partial charge in [-0.2, -0.15) is 0 Å². The summed E-state index contributed by atoms with van der Waals surface area (Å²) in [4.78, 5) is 9.11. The first-order valence-corrected chi connectivity index (χ1v) is 9.29. The maximum absolute atomic E-state index is 13.0. The molecule has 1 spiro atoms. The lowest BCUT2D eigenvalue weighted by Crippen LogP contribution is -2.51. The van der Waals surface area contributed by atoms with Crippen LogP contribution in [-0.4, -0.2) is 56.8 Å². The number of piperazine rings is 1. The number of hydrogen-bond donors (Lipinski definition) is 1. The highest BCUT2D eigenvalue weighted by atomic mass is 19.1. The van der Waals surface area contributed by atoms with Crippen molar-refractivity contribution >= 4 is 11.6 Å². The molecule has 3 fully saturated rings. The minimum absolute atomic E-state index is 0.193. The molecule has 3 aliphatic rings. The number of nitrogens with two attached hydrogens (primary N) is 1. The number of nitrogens with zero attached hydrogens (tertiary/aromatic N) is 3. The molecule has 0 amide bonds. The van der Waals surface area contributed by atoms with E-state index in [1.807, 2.05) is 12.1 Å². The molecule has 0 aromatic heterocycles. The SMILES string of the molecule is NC(=NCC1CC12CCOCC2)N1CCN(c2ccc(F)cc2)CC1. The Labute approximate surface area is 148 Å². The number of halogens is 1. The zero-order valence-corrected chi connectivity index (χ0v) is 14.7. The van der Waals surface area contributed by atoms with Crippen molar-refractivity contribution in [2.75, 3.05) is 50.8 Å². The minimum Gasteiger partial charge on any atom is -0.381 e. The van der Waals surface area contributed by atoms with Crippen LogP contribution < -0.4 is 10.6 Å². The zero-order chi connectivity index (χ0) is 17.3. The lowest BCUT2D eigenvalue weighted by Gasteiger charge is -2.36. The summed E-state index contributed by atoms with van der Waals surface area (Å²) in [6, 6.07) is 6.70. The van der Waals surface area contributed by atoms with Crippen LogP contribution in [-0.2, 0) is 4.74 Å². The molecule has 1 aromatic carbocycles. The fourth-order valence-electron chi connectivity index (χ4n) is 4.23. The molecule has 4 rings (SSSR count). The Balaban J connectivity index is 1.26. The van der Waals surface area contributed by atoms with Gasteiger partial charge in [0.1, 0.15) is 5.82 Å².